The zero-order valence-electron chi connectivity index (χ0n) is 12.4. The smallest absolute Gasteiger partial charge is 0.337 e. The van der Waals surface area contributed by atoms with Gasteiger partial charge in [0.25, 0.3) is 0 Å². The van der Waals surface area contributed by atoms with Crippen molar-refractivity contribution in [2.45, 2.75) is 38.5 Å². The van der Waals surface area contributed by atoms with Crippen molar-refractivity contribution in [1.82, 2.24) is 0 Å². The van der Waals surface area contributed by atoms with Crippen molar-refractivity contribution in [3.05, 3.63) is 41.5 Å². The molecule has 0 aliphatic carbocycles. The van der Waals surface area contributed by atoms with Crippen molar-refractivity contribution in [3.63, 3.8) is 0 Å². The highest BCUT2D eigenvalue weighted by Crippen LogP contribution is 2.41. The van der Waals surface area contributed by atoms with E-state index in [9.17, 15) is 4.79 Å². The fourth-order valence-corrected chi connectivity index (χ4v) is 2.50. The molecular weight excluding hydrogens is 252 g/mol. The first-order chi connectivity index (χ1) is 9.60. The second-order valence-corrected chi connectivity index (χ2v) is 5.52. The van der Waals surface area contributed by atoms with E-state index in [2.05, 4.69) is 26.0 Å². The molecule has 1 atom stereocenters. The molecule has 108 valence electrons. The second kappa shape index (κ2) is 6.12. The number of allylic oxidation sites excluding steroid dienone is 2. The molecule has 1 unspecified atom stereocenters. The van der Waals surface area contributed by atoms with E-state index in [1.54, 1.807) is 6.07 Å². The highest BCUT2D eigenvalue weighted by molar-refractivity contribution is 5.90. The molecule has 0 saturated carbocycles. The molecular formula is C17H22O3. The van der Waals surface area contributed by atoms with Crippen LogP contribution in [0.3, 0.4) is 0 Å². The molecule has 3 heteroatoms. The summed E-state index contributed by atoms with van der Waals surface area (Å²) < 4.78 is 10.5. The first-order valence-corrected chi connectivity index (χ1v) is 7.11. The van der Waals surface area contributed by atoms with Gasteiger partial charge in [-0.3, -0.25) is 0 Å². The minimum atomic E-state index is -0.326. The van der Waals surface area contributed by atoms with Gasteiger partial charge < -0.3 is 9.47 Å². The zero-order chi connectivity index (χ0) is 14.6. The van der Waals surface area contributed by atoms with Gasteiger partial charge in [-0.05, 0) is 25.0 Å². The maximum absolute atomic E-state index is 11.5. The first kappa shape index (κ1) is 14.6. The van der Waals surface area contributed by atoms with Gasteiger partial charge in [-0.2, -0.15) is 0 Å². The molecule has 0 amide bonds. The average molecular weight is 274 g/mol. The maximum atomic E-state index is 11.5. The Hall–Kier alpha value is -1.77. The number of carbonyl (C=O) groups excluding carboxylic acids is 1. The van der Waals surface area contributed by atoms with Crippen LogP contribution in [0.2, 0.25) is 0 Å². The highest BCUT2D eigenvalue weighted by atomic mass is 16.5. The molecule has 0 radical (unpaired) electrons. The number of hydrogen-bond acceptors (Lipinski definition) is 3. The number of fused-ring (bicyclic) bond motifs is 1. The summed E-state index contributed by atoms with van der Waals surface area (Å²) in [5, 5.41) is 0. The van der Waals surface area contributed by atoms with Crippen molar-refractivity contribution in [2.75, 3.05) is 13.7 Å². The van der Waals surface area contributed by atoms with Gasteiger partial charge in [0.2, 0.25) is 0 Å². The SMILES string of the molecule is CCCC=CCC1(C)COc2cc(C(=O)OC)ccc21. The van der Waals surface area contributed by atoms with Gasteiger partial charge in [0.15, 0.2) is 0 Å². The summed E-state index contributed by atoms with van der Waals surface area (Å²) in [7, 11) is 1.39. The standard InChI is InChI=1S/C17H22O3/c1-4-5-6-7-10-17(2)12-20-15-11-13(16(18)19-3)8-9-14(15)17/h6-9,11H,4-5,10,12H2,1-3H3. The lowest BCUT2D eigenvalue weighted by molar-refractivity contribution is 0.0600. The van der Waals surface area contributed by atoms with Crippen molar-refractivity contribution < 1.29 is 14.3 Å². The molecule has 1 heterocycles. The summed E-state index contributed by atoms with van der Waals surface area (Å²) in [6.07, 6.45) is 7.70. The van der Waals surface area contributed by atoms with Gasteiger partial charge in [0.1, 0.15) is 5.75 Å². The Kier molecular flexibility index (Phi) is 4.48. The lowest BCUT2D eigenvalue weighted by Crippen LogP contribution is -2.22. The first-order valence-electron chi connectivity index (χ1n) is 7.11. The monoisotopic (exact) mass is 274 g/mol. The molecule has 1 aliphatic rings. The van der Waals surface area contributed by atoms with E-state index in [0.29, 0.717) is 12.2 Å². The summed E-state index contributed by atoms with van der Waals surface area (Å²) in [5.41, 5.74) is 1.71. The Morgan fingerprint density at radius 2 is 2.25 bits per heavy atom. The number of rotatable bonds is 5. The largest absolute Gasteiger partial charge is 0.492 e. The summed E-state index contributed by atoms with van der Waals surface area (Å²) in [6.45, 7) is 5.03. The predicted octanol–water partition coefficient (Wildman–Crippen LogP) is 3.87. The van der Waals surface area contributed by atoms with Crippen LogP contribution in [0.25, 0.3) is 0 Å². The number of ether oxygens (including phenoxy) is 2. The third-order valence-corrected chi connectivity index (χ3v) is 3.79. The van der Waals surface area contributed by atoms with Crippen LogP contribution in [0.15, 0.2) is 30.4 Å². The molecule has 3 nitrogen and oxygen atoms in total. The minimum absolute atomic E-state index is 0.00573. The molecule has 0 N–H and O–H groups in total. The van der Waals surface area contributed by atoms with Crippen LogP contribution in [0, 0.1) is 0 Å². The van der Waals surface area contributed by atoms with E-state index in [1.807, 2.05) is 12.1 Å². The summed E-state index contributed by atoms with van der Waals surface area (Å²) in [5.74, 6) is 0.479. The summed E-state index contributed by atoms with van der Waals surface area (Å²) in [4.78, 5) is 11.5. The Balaban J connectivity index is 2.18. The Bertz CT molecular complexity index is 519. The van der Waals surface area contributed by atoms with Crippen LogP contribution in [0.5, 0.6) is 5.75 Å². The van der Waals surface area contributed by atoms with Crippen LogP contribution in [-0.2, 0) is 10.2 Å². The molecule has 20 heavy (non-hydrogen) atoms. The minimum Gasteiger partial charge on any atom is -0.492 e. The molecule has 0 saturated heterocycles. The van der Waals surface area contributed by atoms with Gasteiger partial charge >= 0.3 is 5.97 Å². The van der Waals surface area contributed by atoms with Crippen LogP contribution in [0.4, 0.5) is 0 Å². The number of unbranched alkanes of at least 4 members (excludes halogenated alkanes) is 1. The fraction of sp³-hybridized carbons (Fsp3) is 0.471. The van der Waals surface area contributed by atoms with E-state index >= 15 is 0 Å². The van der Waals surface area contributed by atoms with Crippen LogP contribution in [-0.4, -0.2) is 19.7 Å². The summed E-state index contributed by atoms with van der Waals surface area (Å²) >= 11 is 0. The van der Waals surface area contributed by atoms with Gasteiger partial charge in [-0.1, -0.05) is 38.5 Å². The third kappa shape index (κ3) is 2.87. The maximum Gasteiger partial charge on any atom is 0.337 e. The van der Waals surface area contributed by atoms with Crippen molar-refractivity contribution in [2.24, 2.45) is 0 Å². The predicted molar refractivity (Wildman–Crippen MR) is 79.3 cm³/mol. The quantitative estimate of drug-likeness (QED) is 0.604. The molecule has 1 aliphatic heterocycles. The Morgan fingerprint density at radius 1 is 1.45 bits per heavy atom. The van der Waals surface area contributed by atoms with Crippen molar-refractivity contribution in [1.29, 1.82) is 0 Å². The van der Waals surface area contributed by atoms with E-state index < -0.39 is 0 Å². The fourth-order valence-electron chi connectivity index (χ4n) is 2.50. The van der Waals surface area contributed by atoms with E-state index in [1.165, 1.54) is 19.1 Å². The number of esters is 1. The van der Waals surface area contributed by atoms with Crippen molar-refractivity contribution >= 4 is 5.97 Å². The molecule has 0 bridgehead atoms. The van der Waals surface area contributed by atoms with Gasteiger partial charge in [-0.25, -0.2) is 4.79 Å². The van der Waals surface area contributed by atoms with Crippen LogP contribution in [0.1, 0.15) is 49.0 Å². The van der Waals surface area contributed by atoms with Gasteiger partial charge in [0, 0.05) is 11.0 Å². The lowest BCUT2D eigenvalue weighted by Gasteiger charge is -2.20. The normalized spacial score (nSPS) is 20.8. The molecule has 1 aromatic rings. The van der Waals surface area contributed by atoms with E-state index in [0.717, 1.165) is 18.6 Å². The average Bonchev–Trinajstić information content (AvgIpc) is 2.80. The molecule has 0 aromatic heterocycles. The number of carbonyl (C=O) groups is 1. The number of hydrogen-bond donors (Lipinski definition) is 0. The van der Waals surface area contributed by atoms with Crippen LogP contribution < -0.4 is 4.74 Å². The zero-order valence-corrected chi connectivity index (χ0v) is 12.4. The van der Waals surface area contributed by atoms with Crippen molar-refractivity contribution in [3.8, 4) is 5.75 Å². The van der Waals surface area contributed by atoms with Crippen LogP contribution >= 0.6 is 0 Å². The second-order valence-electron chi connectivity index (χ2n) is 5.52. The topological polar surface area (TPSA) is 35.5 Å². The Morgan fingerprint density at radius 3 is 2.95 bits per heavy atom. The highest BCUT2D eigenvalue weighted by Gasteiger charge is 2.35. The third-order valence-electron chi connectivity index (χ3n) is 3.79. The number of benzene rings is 1. The number of methoxy groups -OCH3 is 1. The van der Waals surface area contributed by atoms with Gasteiger partial charge in [0.05, 0.1) is 19.3 Å². The van der Waals surface area contributed by atoms with Gasteiger partial charge in [-0.15, -0.1) is 0 Å². The molecule has 2 rings (SSSR count). The lowest BCUT2D eigenvalue weighted by atomic mass is 9.81. The summed E-state index contributed by atoms with van der Waals surface area (Å²) in [6, 6.07) is 5.58. The van der Waals surface area contributed by atoms with E-state index in [-0.39, 0.29) is 11.4 Å². The molecule has 0 spiro atoms. The van der Waals surface area contributed by atoms with E-state index in [4.69, 9.17) is 9.47 Å². The molecule has 1 aromatic carbocycles. The molecule has 0 fully saturated rings. The Labute approximate surface area is 120 Å².